The third-order valence-electron chi connectivity index (χ3n) is 4.34. The Balaban J connectivity index is 0.00000261. The van der Waals surface area contributed by atoms with Crippen LogP contribution in [0.2, 0.25) is 0 Å². The van der Waals surface area contributed by atoms with Crippen molar-refractivity contribution in [2.75, 3.05) is 25.0 Å². The Labute approximate surface area is 164 Å². The van der Waals surface area contributed by atoms with Crippen LogP contribution < -0.4 is 16.0 Å². The molecular weight excluding hydrogens is 368 g/mol. The fourth-order valence-electron chi connectivity index (χ4n) is 2.90. The highest BCUT2D eigenvalue weighted by molar-refractivity contribution is 6.03. The molecule has 0 saturated carbocycles. The maximum Gasteiger partial charge on any atom is 0.277 e. The van der Waals surface area contributed by atoms with Gasteiger partial charge in [0.2, 0.25) is 0 Å². The van der Waals surface area contributed by atoms with Gasteiger partial charge in [-0.25, -0.2) is 4.68 Å². The van der Waals surface area contributed by atoms with Gasteiger partial charge in [0, 0.05) is 17.8 Å². The molecule has 0 aliphatic carbocycles. The second-order valence-electron chi connectivity index (χ2n) is 6.36. The minimum atomic E-state index is -0.337. The van der Waals surface area contributed by atoms with Gasteiger partial charge < -0.3 is 16.0 Å². The summed E-state index contributed by atoms with van der Waals surface area (Å²) in [4.78, 5) is 24.5. The van der Waals surface area contributed by atoms with Gasteiger partial charge in [-0.1, -0.05) is 18.2 Å². The predicted octanol–water partition coefficient (Wildman–Crippen LogP) is 2.02. The van der Waals surface area contributed by atoms with Crippen LogP contribution in [0.15, 0.2) is 30.5 Å². The summed E-state index contributed by atoms with van der Waals surface area (Å²) in [5.41, 5.74) is 1.33. The van der Waals surface area contributed by atoms with E-state index < -0.39 is 0 Å². The second kappa shape index (κ2) is 10.0. The number of nitrogens with one attached hydrogen (secondary N) is 3. The number of amides is 2. The molecular formula is C18H25ClN6O2. The van der Waals surface area contributed by atoms with Gasteiger partial charge in [0.1, 0.15) is 0 Å². The van der Waals surface area contributed by atoms with E-state index in [0.29, 0.717) is 17.8 Å². The Kier molecular flexibility index (Phi) is 7.75. The molecule has 1 saturated heterocycles. The Morgan fingerprint density at radius 3 is 2.78 bits per heavy atom. The molecule has 1 aromatic carbocycles. The van der Waals surface area contributed by atoms with E-state index in [0.717, 1.165) is 32.4 Å². The molecule has 8 nitrogen and oxygen atoms in total. The minimum absolute atomic E-state index is 0. The number of anilines is 1. The van der Waals surface area contributed by atoms with Crippen molar-refractivity contribution >= 4 is 29.9 Å². The van der Waals surface area contributed by atoms with E-state index in [1.807, 2.05) is 6.92 Å². The third kappa shape index (κ3) is 5.51. The van der Waals surface area contributed by atoms with E-state index in [-0.39, 0.29) is 36.0 Å². The molecule has 2 amide bonds. The number of hydrogen-bond acceptors (Lipinski definition) is 5. The number of benzene rings is 1. The van der Waals surface area contributed by atoms with Crippen LogP contribution in [0.4, 0.5) is 5.69 Å². The number of carbonyl (C=O) groups is 2. The van der Waals surface area contributed by atoms with E-state index in [1.54, 1.807) is 35.1 Å². The molecule has 9 heteroatoms. The van der Waals surface area contributed by atoms with Gasteiger partial charge in [-0.2, -0.15) is 0 Å². The first kappa shape index (κ1) is 20.9. The predicted molar refractivity (Wildman–Crippen MR) is 105 cm³/mol. The zero-order valence-electron chi connectivity index (χ0n) is 15.3. The lowest BCUT2D eigenvalue weighted by molar-refractivity contribution is 0.0952. The highest BCUT2D eigenvalue weighted by Gasteiger charge is 2.19. The summed E-state index contributed by atoms with van der Waals surface area (Å²) in [5, 5.41) is 17.0. The largest absolute Gasteiger partial charge is 0.352 e. The van der Waals surface area contributed by atoms with E-state index in [1.165, 1.54) is 0 Å². The van der Waals surface area contributed by atoms with Crippen LogP contribution in [0, 0.1) is 0 Å². The molecule has 27 heavy (non-hydrogen) atoms. The maximum atomic E-state index is 12.4. The Morgan fingerprint density at radius 1 is 1.26 bits per heavy atom. The SMILES string of the molecule is CCCNC(=O)c1cccc(NC(=O)c2cn(C3CCNCC3)nn2)c1.Cl. The van der Waals surface area contributed by atoms with Gasteiger partial charge in [0.15, 0.2) is 5.69 Å². The number of aromatic nitrogens is 3. The van der Waals surface area contributed by atoms with Crippen molar-refractivity contribution in [2.24, 2.45) is 0 Å². The van der Waals surface area contributed by atoms with Gasteiger partial charge in [0.25, 0.3) is 11.8 Å². The summed E-state index contributed by atoms with van der Waals surface area (Å²) >= 11 is 0. The molecule has 146 valence electrons. The number of carbonyl (C=O) groups excluding carboxylic acids is 2. The summed E-state index contributed by atoms with van der Waals surface area (Å²) in [6.07, 6.45) is 4.50. The summed E-state index contributed by atoms with van der Waals surface area (Å²) in [6, 6.07) is 7.12. The molecule has 0 unspecified atom stereocenters. The summed E-state index contributed by atoms with van der Waals surface area (Å²) in [6.45, 7) is 4.50. The molecule has 3 N–H and O–H groups in total. The van der Waals surface area contributed by atoms with E-state index >= 15 is 0 Å². The van der Waals surface area contributed by atoms with Crippen molar-refractivity contribution in [1.82, 2.24) is 25.6 Å². The van der Waals surface area contributed by atoms with E-state index in [2.05, 4.69) is 26.3 Å². The number of rotatable bonds is 6. The molecule has 1 fully saturated rings. The Bertz CT molecular complexity index is 773. The third-order valence-corrected chi connectivity index (χ3v) is 4.34. The van der Waals surface area contributed by atoms with Crippen LogP contribution in [0.3, 0.4) is 0 Å². The number of halogens is 1. The van der Waals surface area contributed by atoms with Crippen molar-refractivity contribution in [3.05, 3.63) is 41.7 Å². The van der Waals surface area contributed by atoms with Crippen LogP contribution in [0.1, 0.15) is 53.1 Å². The average molecular weight is 393 g/mol. The molecule has 2 aromatic rings. The second-order valence-corrected chi connectivity index (χ2v) is 6.36. The summed E-state index contributed by atoms with van der Waals surface area (Å²) in [5.74, 6) is -0.490. The maximum absolute atomic E-state index is 12.4. The highest BCUT2D eigenvalue weighted by Crippen LogP contribution is 2.17. The Morgan fingerprint density at radius 2 is 2.04 bits per heavy atom. The van der Waals surface area contributed by atoms with Gasteiger partial charge in [-0.15, -0.1) is 17.5 Å². The molecule has 0 spiro atoms. The fourth-order valence-corrected chi connectivity index (χ4v) is 2.90. The fraction of sp³-hybridized carbons (Fsp3) is 0.444. The molecule has 0 radical (unpaired) electrons. The lowest BCUT2D eigenvalue weighted by Crippen LogP contribution is -2.29. The zero-order valence-corrected chi connectivity index (χ0v) is 16.1. The van der Waals surface area contributed by atoms with E-state index in [9.17, 15) is 9.59 Å². The van der Waals surface area contributed by atoms with Gasteiger partial charge in [-0.05, 0) is 50.6 Å². The number of piperidine rings is 1. The summed E-state index contributed by atoms with van der Waals surface area (Å²) < 4.78 is 1.77. The molecule has 2 heterocycles. The molecule has 0 atom stereocenters. The zero-order chi connectivity index (χ0) is 18.4. The van der Waals surface area contributed by atoms with Gasteiger partial charge in [0.05, 0.1) is 12.2 Å². The molecule has 3 rings (SSSR count). The molecule has 1 aliphatic heterocycles. The van der Waals surface area contributed by atoms with Crippen molar-refractivity contribution in [1.29, 1.82) is 0 Å². The molecule has 0 bridgehead atoms. The highest BCUT2D eigenvalue weighted by atomic mass is 35.5. The first-order valence-electron chi connectivity index (χ1n) is 8.99. The normalized spacial score (nSPS) is 14.3. The van der Waals surface area contributed by atoms with Crippen LogP contribution in [0.5, 0.6) is 0 Å². The average Bonchev–Trinajstić information content (AvgIpc) is 3.17. The van der Waals surface area contributed by atoms with Gasteiger partial charge >= 0.3 is 0 Å². The topological polar surface area (TPSA) is 101 Å². The minimum Gasteiger partial charge on any atom is -0.352 e. The summed E-state index contributed by atoms with van der Waals surface area (Å²) in [7, 11) is 0. The van der Waals surface area contributed by atoms with Crippen LogP contribution >= 0.6 is 12.4 Å². The monoisotopic (exact) mass is 392 g/mol. The van der Waals surface area contributed by atoms with Crippen LogP contribution in [-0.2, 0) is 0 Å². The van der Waals surface area contributed by atoms with Gasteiger partial charge in [-0.3, -0.25) is 9.59 Å². The van der Waals surface area contributed by atoms with Crippen LogP contribution in [0.25, 0.3) is 0 Å². The quantitative estimate of drug-likeness (QED) is 0.698. The molecule has 1 aromatic heterocycles. The van der Waals surface area contributed by atoms with E-state index in [4.69, 9.17) is 0 Å². The smallest absolute Gasteiger partial charge is 0.277 e. The number of hydrogen-bond donors (Lipinski definition) is 3. The lowest BCUT2D eigenvalue weighted by Gasteiger charge is -2.22. The first-order valence-corrected chi connectivity index (χ1v) is 8.99. The Hall–Kier alpha value is -2.45. The standard InChI is InChI=1S/C18H24N6O2.ClH/c1-2-8-20-17(25)13-4-3-5-14(11-13)21-18(26)16-12-24(23-22-16)15-6-9-19-10-7-15;/h3-5,11-12,15,19H,2,6-10H2,1H3,(H,20,25)(H,21,26);1H. The number of nitrogens with zero attached hydrogens (tertiary/aromatic N) is 3. The van der Waals surface area contributed by atoms with Crippen LogP contribution in [-0.4, -0.2) is 46.4 Å². The van der Waals surface area contributed by atoms with Crippen molar-refractivity contribution in [3.8, 4) is 0 Å². The van der Waals surface area contributed by atoms with Crippen molar-refractivity contribution < 1.29 is 9.59 Å². The molecule has 1 aliphatic rings. The first-order chi connectivity index (χ1) is 12.7. The lowest BCUT2D eigenvalue weighted by atomic mass is 10.1. The van der Waals surface area contributed by atoms with Crippen molar-refractivity contribution in [2.45, 2.75) is 32.2 Å². The van der Waals surface area contributed by atoms with Crippen molar-refractivity contribution in [3.63, 3.8) is 0 Å².